The number of rotatable bonds is 3. The molecule has 0 amide bonds. The van der Waals surface area contributed by atoms with Crippen LogP contribution >= 0.6 is 0 Å². The van der Waals surface area contributed by atoms with Crippen LogP contribution in [-0.2, 0) is 4.74 Å². The van der Waals surface area contributed by atoms with Gasteiger partial charge in [-0.25, -0.2) is 0 Å². The van der Waals surface area contributed by atoms with Gasteiger partial charge in [-0.1, -0.05) is 36.4 Å². The molecular formula is C16H18O6. The first-order valence-corrected chi connectivity index (χ1v) is 7.07. The van der Waals surface area contributed by atoms with Crippen LogP contribution < -0.4 is 4.74 Å². The lowest BCUT2D eigenvalue weighted by atomic mass is 9.99. The lowest BCUT2D eigenvalue weighted by Crippen LogP contribution is -2.60. The first-order valence-electron chi connectivity index (χ1n) is 7.07. The number of hydrogen-bond donors (Lipinski definition) is 4. The second-order valence-corrected chi connectivity index (χ2v) is 5.29. The summed E-state index contributed by atoms with van der Waals surface area (Å²) < 4.78 is 11.0. The first kappa shape index (κ1) is 15.2. The molecule has 2 aromatic carbocycles. The van der Waals surface area contributed by atoms with E-state index in [1.165, 1.54) is 0 Å². The smallest absolute Gasteiger partial charge is 0.229 e. The highest BCUT2D eigenvalue weighted by Gasteiger charge is 2.44. The zero-order chi connectivity index (χ0) is 15.7. The number of hydrogen-bond acceptors (Lipinski definition) is 6. The molecule has 4 N–H and O–H groups in total. The molecule has 1 saturated heterocycles. The van der Waals surface area contributed by atoms with Crippen molar-refractivity contribution >= 4 is 10.8 Å². The van der Waals surface area contributed by atoms with Gasteiger partial charge in [0, 0.05) is 5.39 Å². The average molecular weight is 306 g/mol. The van der Waals surface area contributed by atoms with E-state index in [0.717, 1.165) is 10.8 Å². The maximum atomic E-state index is 10.0. The van der Waals surface area contributed by atoms with Crippen molar-refractivity contribution in [1.82, 2.24) is 0 Å². The van der Waals surface area contributed by atoms with Gasteiger partial charge in [0.15, 0.2) is 0 Å². The predicted octanol–water partition coefficient (Wildman–Crippen LogP) is 0.0185. The number of aliphatic hydroxyl groups excluding tert-OH is 4. The topological polar surface area (TPSA) is 99.4 Å². The maximum absolute atomic E-state index is 10.0. The molecule has 3 rings (SSSR count). The van der Waals surface area contributed by atoms with E-state index in [0.29, 0.717) is 5.75 Å². The van der Waals surface area contributed by atoms with E-state index in [4.69, 9.17) is 9.47 Å². The molecule has 22 heavy (non-hydrogen) atoms. The van der Waals surface area contributed by atoms with Crippen LogP contribution in [0.2, 0.25) is 0 Å². The molecule has 1 heterocycles. The molecule has 6 nitrogen and oxygen atoms in total. The predicted molar refractivity (Wildman–Crippen MR) is 78.3 cm³/mol. The van der Waals surface area contributed by atoms with Crippen molar-refractivity contribution in [2.24, 2.45) is 0 Å². The van der Waals surface area contributed by atoms with Crippen molar-refractivity contribution < 1.29 is 29.9 Å². The minimum absolute atomic E-state index is 0.486. The van der Waals surface area contributed by atoms with Gasteiger partial charge in [0.2, 0.25) is 6.29 Å². The fourth-order valence-corrected chi connectivity index (χ4v) is 2.59. The van der Waals surface area contributed by atoms with E-state index in [-0.39, 0.29) is 0 Å². The Hall–Kier alpha value is -1.70. The highest BCUT2D eigenvalue weighted by molar-refractivity contribution is 5.88. The summed E-state index contributed by atoms with van der Waals surface area (Å²) in [6.45, 7) is -0.486. The van der Waals surface area contributed by atoms with E-state index in [9.17, 15) is 20.4 Å². The number of benzene rings is 2. The highest BCUT2D eigenvalue weighted by atomic mass is 16.7. The van der Waals surface area contributed by atoms with Crippen LogP contribution in [0.5, 0.6) is 5.75 Å². The van der Waals surface area contributed by atoms with E-state index in [2.05, 4.69) is 0 Å². The Bertz CT molecular complexity index is 638. The molecule has 1 aliphatic heterocycles. The van der Waals surface area contributed by atoms with Crippen LogP contribution in [0.15, 0.2) is 42.5 Å². The number of ether oxygens (including phenoxy) is 2. The van der Waals surface area contributed by atoms with Crippen LogP contribution in [-0.4, -0.2) is 57.7 Å². The van der Waals surface area contributed by atoms with Gasteiger partial charge in [0.25, 0.3) is 0 Å². The van der Waals surface area contributed by atoms with Crippen LogP contribution in [0.1, 0.15) is 0 Å². The second kappa shape index (κ2) is 6.20. The molecule has 1 aliphatic rings. The summed E-state index contributed by atoms with van der Waals surface area (Å²) in [5.41, 5.74) is 0. The lowest BCUT2D eigenvalue weighted by molar-refractivity contribution is -0.277. The summed E-state index contributed by atoms with van der Waals surface area (Å²) in [4.78, 5) is 0. The normalized spacial score (nSPS) is 32.1. The molecule has 0 bridgehead atoms. The molecule has 0 aromatic heterocycles. The third kappa shape index (κ3) is 2.67. The number of aliphatic hydroxyl groups is 4. The van der Waals surface area contributed by atoms with Crippen molar-refractivity contribution in [3.8, 4) is 5.75 Å². The van der Waals surface area contributed by atoms with Crippen molar-refractivity contribution in [1.29, 1.82) is 0 Å². The van der Waals surface area contributed by atoms with E-state index >= 15 is 0 Å². The third-order valence-corrected chi connectivity index (χ3v) is 3.84. The number of fused-ring (bicyclic) bond motifs is 1. The highest BCUT2D eigenvalue weighted by Crippen LogP contribution is 2.29. The summed E-state index contributed by atoms with van der Waals surface area (Å²) in [6.07, 6.45) is -6.44. The van der Waals surface area contributed by atoms with Gasteiger partial charge in [0.05, 0.1) is 6.61 Å². The van der Waals surface area contributed by atoms with Gasteiger partial charge >= 0.3 is 0 Å². The van der Waals surface area contributed by atoms with Crippen LogP contribution in [0, 0.1) is 0 Å². The molecule has 0 aliphatic carbocycles. The summed E-state index contributed by atoms with van der Waals surface area (Å²) in [5.74, 6) is 0.488. The molecule has 0 saturated carbocycles. The zero-order valence-electron chi connectivity index (χ0n) is 11.7. The van der Waals surface area contributed by atoms with Gasteiger partial charge in [-0.05, 0) is 11.5 Å². The van der Waals surface area contributed by atoms with Gasteiger partial charge < -0.3 is 29.9 Å². The largest absolute Gasteiger partial charge is 0.461 e. The Morgan fingerprint density at radius 2 is 1.64 bits per heavy atom. The second-order valence-electron chi connectivity index (χ2n) is 5.29. The van der Waals surface area contributed by atoms with Gasteiger partial charge in [0.1, 0.15) is 30.2 Å². The van der Waals surface area contributed by atoms with Crippen LogP contribution in [0.3, 0.4) is 0 Å². The summed E-state index contributed by atoms with van der Waals surface area (Å²) in [7, 11) is 0. The molecule has 6 heteroatoms. The molecule has 2 aromatic rings. The van der Waals surface area contributed by atoms with E-state index in [1.54, 1.807) is 6.07 Å². The fraction of sp³-hybridized carbons (Fsp3) is 0.375. The molecule has 118 valence electrons. The van der Waals surface area contributed by atoms with E-state index in [1.807, 2.05) is 36.4 Å². The Morgan fingerprint density at radius 3 is 2.41 bits per heavy atom. The molecule has 0 unspecified atom stereocenters. The maximum Gasteiger partial charge on any atom is 0.229 e. The lowest BCUT2D eigenvalue weighted by Gasteiger charge is -2.39. The Balaban J connectivity index is 1.87. The monoisotopic (exact) mass is 306 g/mol. The van der Waals surface area contributed by atoms with E-state index < -0.39 is 37.3 Å². The minimum Gasteiger partial charge on any atom is -0.461 e. The average Bonchev–Trinajstić information content (AvgIpc) is 2.55. The van der Waals surface area contributed by atoms with Crippen molar-refractivity contribution in [2.45, 2.75) is 30.7 Å². The molecule has 5 atom stereocenters. The quantitative estimate of drug-likeness (QED) is 0.638. The van der Waals surface area contributed by atoms with Crippen molar-refractivity contribution in [2.75, 3.05) is 6.61 Å². The van der Waals surface area contributed by atoms with Crippen LogP contribution in [0.25, 0.3) is 10.8 Å². The fourth-order valence-electron chi connectivity index (χ4n) is 2.59. The van der Waals surface area contributed by atoms with Crippen molar-refractivity contribution in [3.05, 3.63) is 42.5 Å². The molecule has 0 spiro atoms. The zero-order valence-corrected chi connectivity index (χ0v) is 11.7. The molecule has 1 fully saturated rings. The van der Waals surface area contributed by atoms with Crippen molar-refractivity contribution in [3.63, 3.8) is 0 Å². The van der Waals surface area contributed by atoms with Gasteiger partial charge in [-0.3, -0.25) is 0 Å². The Morgan fingerprint density at radius 1 is 0.909 bits per heavy atom. The standard InChI is InChI=1S/C16H18O6/c17-8-12-13(18)14(19)15(20)16(22-12)21-11-7-3-5-9-4-1-2-6-10(9)11/h1-7,12-20H,8H2/t12-,13+,14+,15-,16-/m0/s1. The summed E-state index contributed by atoms with van der Waals surface area (Å²) in [5, 5.41) is 40.5. The summed E-state index contributed by atoms with van der Waals surface area (Å²) in [6, 6.07) is 13.0. The molecular weight excluding hydrogens is 288 g/mol. The molecule has 0 radical (unpaired) electrons. The minimum atomic E-state index is -1.45. The van der Waals surface area contributed by atoms with Gasteiger partial charge in [-0.2, -0.15) is 0 Å². The third-order valence-electron chi connectivity index (χ3n) is 3.84. The first-order chi connectivity index (χ1) is 10.6. The summed E-state index contributed by atoms with van der Waals surface area (Å²) >= 11 is 0. The SMILES string of the molecule is OC[C@@H]1O[C@H](Oc2cccc3ccccc23)[C@@H](O)[C@H](O)[C@@H]1O. The van der Waals surface area contributed by atoms with Crippen LogP contribution in [0.4, 0.5) is 0 Å². The Kier molecular flexibility index (Phi) is 4.28. The van der Waals surface area contributed by atoms with Gasteiger partial charge in [-0.15, -0.1) is 0 Å². The Labute approximate surface area is 127 Å².